The normalized spacial score (nSPS) is 12.3. The van der Waals surface area contributed by atoms with Crippen molar-refractivity contribution < 1.29 is 18.1 Å². The summed E-state index contributed by atoms with van der Waals surface area (Å²) in [4.78, 5) is 23.2. The van der Waals surface area contributed by atoms with Gasteiger partial charge in [0.1, 0.15) is 6.04 Å². The van der Waals surface area contributed by atoms with Gasteiger partial charge < -0.3 is 5.32 Å². The Bertz CT molecular complexity index is 1010. The number of anilines is 2. The zero-order valence-electron chi connectivity index (χ0n) is 16.4. The van der Waals surface area contributed by atoms with Crippen LogP contribution in [0.5, 0.6) is 0 Å². The summed E-state index contributed by atoms with van der Waals surface area (Å²) >= 11 is 0. The van der Waals surface area contributed by atoms with E-state index < -0.39 is 26.9 Å². The molecule has 0 bridgehead atoms. The molecule has 1 amide bonds. The lowest BCUT2D eigenvalue weighted by atomic mass is 10.0. The van der Waals surface area contributed by atoms with Crippen LogP contribution in [0.1, 0.15) is 23.6 Å². The van der Waals surface area contributed by atoms with Crippen LogP contribution in [0.4, 0.5) is 17.1 Å². The molecule has 0 aromatic heterocycles. The fourth-order valence-electron chi connectivity index (χ4n) is 3.16. The van der Waals surface area contributed by atoms with Gasteiger partial charge in [0.25, 0.3) is 5.69 Å². The van der Waals surface area contributed by atoms with Crippen LogP contribution >= 0.6 is 0 Å². The number of nitro groups is 1. The van der Waals surface area contributed by atoms with Crippen molar-refractivity contribution in [3.8, 4) is 0 Å². The minimum atomic E-state index is -3.87. The maximum absolute atomic E-state index is 12.8. The molecule has 28 heavy (non-hydrogen) atoms. The van der Waals surface area contributed by atoms with Crippen LogP contribution in [0, 0.1) is 30.9 Å². The van der Waals surface area contributed by atoms with Gasteiger partial charge in [-0.3, -0.25) is 19.2 Å². The topological polar surface area (TPSA) is 110 Å². The molecule has 0 heterocycles. The molecule has 2 rings (SSSR count). The Morgan fingerprint density at radius 3 is 2.21 bits per heavy atom. The molecule has 0 radical (unpaired) electrons. The van der Waals surface area contributed by atoms with E-state index in [0.717, 1.165) is 33.3 Å². The first-order valence-electron chi connectivity index (χ1n) is 8.54. The summed E-state index contributed by atoms with van der Waals surface area (Å²) in [5, 5.41) is 13.8. The molecule has 1 atom stereocenters. The number of non-ortho nitro benzene ring substituents is 1. The Morgan fingerprint density at radius 2 is 1.71 bits per heavy atom. The molecule has 0 aliphatic rings. The number of hydrogen-bond donors (Lipinski definition) is 1. The molecular weight excluding hydrogens is 382 g/mol. The lowest BCUT2D eigenvalue weighted by Gasteiger charge is -2.28. The van der Waals surface area contributed by atoms with Gasteiger partial charge in [0.05, 0.1) is 16.9 Å². The molecular formula is C19H23N3O5S. The molecule has 2 aromatic rings. The second kappa shape index (κ2) is 7.97. The standard InChI is InChI=1S/C19H23N3O5S/c1-12-9-13(2)18(14(3)10-12)20-19(23)15(4)21(28(5,26)27)16-7-6-8-17(11-16)22(24)25/h6-11,15H,1-5H3,(H,20,23)/t15-/m0/s1. The van der Waals surface area contributed by atoms with Crippen molar-refractivity contribution in [2.45, 2.75) is 33.7 Å². The number of carbonyl (C=O) groups is 1. The second-order valence-corrected chi connectivity index (χ2v) is 8.63. The number of sulfonamides is 1. The minimum Gasteiger partial charge on any atom is -0.324 e. The van der Waals surface area contributed by atoms with Crippen LogP contribution in [0.25, 0.3) is 0 Å². The number of rotatable bonds is 6. The maximum Gasteiger partial charge on any atom is 0.271 e. The largest absolute Gasteiger partial charge is 0.324 e. The summed E-state index contributed by atoms with van der Waals surface area (Å²) in [6.07, 6.45) is 0.956. The molecule has 8 nitrogen and oxygen atoms in total. The molecule has 1 N–H and O–H groups in total. The summed E-state index contributed by atoms with van der Waals surface area (Å²) in [6.45, 7) is 7.10. The number of nitrogens with zero attached hydrogens (tertiary/aromatic N) is 2. The summed E-state index contributed by atoms with van der Waals surface area (Å²) in [7, 11) is -3.87. The molecule has 150 valence electrons. The summed E-state index contributed by atoms with van der Waals surface area (Å²) in [5.74, 6) is -0.535. The van der Waals surface area contributed by atoms with Crippen molar-refractivity contribution in [3.05, 3.63) is 63.2 Å². The van der Waals surface area contributed by atoms with E-state index in [-0.39, 0.29) is 11.4 Å². The number of nitrogens with one attached hydrogen (secondary N) is 1. The third-order valence-electron chi connectivity index (χ3n) is 4.31. The van der Waals surface area contributed by atoms with Crippen molar-refractivity contribution in [2.24, 2.45) is 0 Å². The first kappa shape index (κ1) is 21.4. The predicted molar refractivity (Wildman–Crippen MR) is 109 cm³/mol. The summed E-state index contributed by atoms with van der Waals surface area (Å²) < 4.78 is 25.6. The van der Waals surface area contributed by atoms with Crippen molar-refractivity contribution in [3.63, 3.8) is 0 Å². The van der Waals surface area contributed by atoms with E-state index in [0.29, 0.717) is 5.69 Å². The summed E-state index contributed by atoms with van der Waals surface area (Å²) in [6, 6.07) is 7.91. The zero-order chi connectivity index (χ0) is 21.2. The highest BCUT2D eigenvalue weighted by Crippen LogP contribution is 2.27. The minimum absolute atomic E-state index is 0.0525. The predicted octanol–water partition coefficient (Wildman–Crippen LogP) is 3.31. The molecule has 2 aromatic carbocycles. The van der Waals surface area contributed by atoms with Gasteiger partial charge >= 0.3 is 0 Å². The molecule has 9 heteroatoms. The highest BCUT2D eigenvalue weighted by atomic mass is 32.2. The van der Waals surface area contributed by atoms with E-state index in [1.165, 1.54) is 25.1 Å². The Kier molecular flexibility index (Phi) is 6.08. The molecule has 0 aliphatic heterocycles. The van der Waals surface area contributed by atoms with Crippen LogP contribution in [-0.2, 0) is 14.8 Å². The Balaban J connectivity index is 2.42. The second-order valence-electron chi connectivity index (χ2n) is 6.77. The van der Waals surface area contributed by atoms with Crippen molar-refractivity contribution in [2.75, 3.05) is 15.9 Å². The van der Waals surface area contributed by atoms with Gasteiger partial charge in [-0.2, -0.15) is 0 Å². The lowest BCUT2D eigenvalue weighted by Crippen LogP contribution is -2.45. The SMILES string of the molecule is Cc1cc(C)c(NC(=O)[C@H](C)N(c2cccc([N+](=O)[O-])c2)S(C)(=O)=O)c(C)c1. The maximum atomic E-state index is 12.8. The van der Waals surface area contributed by atoms with Crippen LogP contribution in [0.3, 0.4) is 0 Å². The first-order valence-corrected chi connectivity index (χ1v) is 10.4. The summed E-state index contributed by atoms with van der Waals surface area (Å²) in [5.41, 5.74) is 3.18. The van der Waals surface area contributed by atoms with Crippen molar-refractivity contribution >= 4 is 33.0 Å². The van der Waals surface area contributed by atoms with Gasteiger partial charge in [0.2, 0.25) is 15.9 Å². The number of aryl methyl sites for hydroxylation is 3. The van der Waals surface area contributed by atoms with Gasteiger partial charge in [-0.25, -0.2) is 8.42 Å². The van der Waals surface area contributed by atoms with Crippen molar-refractivity contribution in [1.29, 1.82) is 0 Å². The fourth-order valence-corrected chi connectivity index (χ4v) is 4.32. The third kappa shape index (κ3) is 4.66. The highest BCUT2D eigenvalue weighted by molar-refractivity contribution is 7.92. The van der Waals surface area contributed by atoms with Crippen molar-refractivity contribution in [1.82, 2.24) is 0 Å². The molecule has 0 saturated carbocycles. The fraction of sp³-hybridized carbons (Fsp3) is 0.316. The Labute approximate surface area is 164 Å². The first-order chi connectivity index (χ1) is 12.9. The molecule has 0 unspecified atom stereocenters. The van der Waals surface area contributed by atoms with E-state index in [4.69, 9.17) is 0 Å². The molecule has 0 spiro atoms. The van der Waals surface area contributed by atoms with Gasteiger partial charge in [-0.1, -0.05) is 23.8 Å². The third-order valence-corrected chi connectivity index (χ3v) is 5.55. The average molecular weight is 405 g/mol. The van der Waals surface area contributed by atoms with E-state index in [9.17, 15) is 23.3 Å². The number of amides is 1. The highest BCUT2D eigenvalue weighted by Gasteiger charge is 2.30. The van der Waals surface area contributed by atoms with E-state index >= 15 is 0 Å². The lowest BCUT2D eigenvalue weighted by molar-refractivity contribution is -0.384. The van der Waals surface area contributed by atoms with Crippen LogP contribution < -0.4 is 9.62 Å². The number of carbonyl (C=O) groups excluding carboxylic acids is 1. The molecule has 0 fully saturated rings. The van der Waals surface area contributed by atoms with E-state index in [2.05, 4.69) is 5.32 Å². The zero-order valence-corrected chi connectivity index (χ0v) is 17.2. The number of hydrogen-bond acceptors (Lipinski definition) is 5. The van der Waals surface area contributed by atoms with E-state index in [1.807, 2.05) is 32.9 Å². The van der Waals surface area contributed by atoms with Crippen LogP contribution in [-0.4, -0.2) is 31.5 Å². The van der Waals surface area contributed by atoms with E-state index in [1.54, 1.807) is 0 Å². The van der Waals surface area contributed by atoms with Gasteiger partial charge in [0.15, 0.2) is 0 Å². The van der Waals surface area contributed by atoms with Gasteiger partial charge in [0, 0.05) is 17.8 Å². The van der Waals surface area contributed by atoms with Crippen LogP contribution in [0.2, 0.25) is 0 Å². The Morgan fingerprint density at radius 1 is 1.14 bits per heavy atom. The molecule has 0 aliphatic carbocycles. The van der Waals surface area contributed by atoms with Gasteiger partial charge in [-0.05, 0) is 44.9 Å². The molecule has 0 saturated heterocycles. The average Bonchev–Trinajstić information content (AvgIpc) is 2.56. The van der Waals surface area contributed by atoms with Gasteiger partial charge in [-0.15, -0.1) is 0 Å². The quantitative estimate of drug-likeness (QED) is 0.586. The number of nitro benzene ring substituents is 1. The monoisotopic (exact) mass is 405 g/mol. The van der Waals surface area contributed by atoms with Crippen LogP contribution in [0.15, 0.2) is 36.4 Å². The Hall–Kier alpha value is -2.94. The number of benzene rings is 2. The smallest absolute Gasteiger partial charge is 0.271 e.